The molecule has 0 aliphatic carbocycles. The van der Waals surface area contributed by atoms with Crippen molar-refractivity contribution in [1.82, 2.24) is 4.98 Å². The van der Waals surface area contributed by atoms with Crippen molar-refractivity contribution < 1.29 is 22.0 Å². The summed E-state index contributed by atoms with van der Waals surface area (Å²) in [7, 11) is 0. The predicted molar refractivity (Wildman–Crippen MR) is 150 cm³/mol. The normalized spacial score (nSPS) is 17.6. The number of rotatable bonds is 5. The van der Waals surface area contributed by atoms with Gasteiger partial charge in [-0.1, -0.05) is 36.4 Å². The highest BCUT2D eigenvalue weighted by Gasteiger charge is 2.31. The van der Waals surface area contributed by atoms with Crippen LogP contribution >= 0.6 is 0 Å². The summed E-state index contributed by atoms with van der Waals surface area (Å²) >= 11 is 0. The van der Waals surface area contributed by atoms with E-state index in [2.05, 4.69) is 14.9 Å². The summed E-state index contributed by atoms with van der Waals surface area (Å²) < 4.78 is 67.7. The lowest BCUT2D eigenvalue weighted by Gasteiger charge is -2.37. The first-order valence-electron chi connectivity index (χ1n) is 13.5. The number of anilines is 2. The minimum absolute atomic E-state index is 0.0325. The zero-order chi connectivity index (χ0) is 28.6. The summed E-state index contributed by atoms with van der Waals surface area (Å²) in [6.07, 6.45) is -1.33. The van der Waals surface area contributed by atoms with Gasteiger partial charge in [-0.3, -0.25) is 4.99 Å². The molecule has 1 aromatic heterocycles. The van der Waals surface area contributed by atoms with Gasteiger partial charge in [-0.15, -0.1) is 0 Å². The molecule has 3 heterocycles. The van der Waals surface area contributed by atoms with Crippen molar-refractivity contribution in [3.63, 3.8) is 0 Å². The zero-order valence-corrected chi connectivity index (χ0v) is 22.1. The molecule has 210 valence electrons. The van der Waals surface area contributed by atoms with Gasteiger partial charge in [0, 0.05) is 49.3 Å². The average Bonchev–Trinajstić information content (AvgIpc) is 3.47. The van der Waals surface area contributed by atoms with Crippen LogP contribution in [0.15, 0.2) is 90.1 Å². The van der Waals surface area contributed by atoms with Crippen LogP contribution in [0.1, 0.15) is 35.6 Å². The van der Waals surface area contributed by atoms with Gasteiger partial charge >= 0.3 is 6.18 Å². The van der Waals surface area contributed by atoms with Crippen LogP contribution in [0.4, 0.5) is 33.5 Å². The Hall–Kier alpha value is -4.27. The number of alkyl halides is 3. The molecule has 2 aliphatic rings. The van der Waals surface area contributed by atoms with Gasteiger partial charge in [0.05, 0.1) is 17.2 Å². The molecule has 2 aliphatic heterocycles. The molecule has 4 nitrogen and oxygen atoms in total. The Morgan fingerprint density at radius 3 is 2.05 bits per heavy atom. The quantitative estimate of drug-likeness (QED) is 0.234. The minimum Gasteiger partial charge on any atom is -0.368 e. The van der Waals surface area contributed by atoms with Crippen molar-refractivity contribution in [3.05, 3.63) is 113 Å². The Morgan fingerprint density at radius 2 is 1.39 bits per heavy atom. The van der Waals surface area contributed by atoms with Gasteiger partial charge in [0.25, 0.3) is 0 Å². The van der Waals surface area contributed by atoms with E-state index in [4.69, 9.17) is 0 Å². The molecule has 0 radical (unpaired) electrons. The molecule has 1 atom stereocenters. The number of nitrogens with zero attached hydrogens (tertiary/aromatic N) is 4. The summed E-state index contributed by atoms with van der Waals surface area (Å²) in [5, 5.41) is 0. The van der Waals surface area contributed by atoms with E-state index in [1.54, 1.807) is 6.07 Å². The monoisotopic (exact) mass is 562 g/mol. The largest absolute Gasteiger partial charge is 0.416 e. The number of benzene rings is 3. The van der Waals surface area contributed by atoms with E-state index in [9.17, 15) is 22.0 Å². The second-order valence-electron chi connectivity index (χ2n) is 10.3. The predicted octanol–water partition coefficient (Wildman–Crippen LogP) is 7.70. The average molecular weight is 563 g/mol. The Bertz CT molecular complexity index is 1540. The van der Waals surface area contributed by atoms with E-state index in [0.717, 1.165) is 28.6 Å². The number of hydrogen-bond acceptors (Lipinski definition) is 4. The summed E-state index contributed by atoms with van der Waals surface area (Å²) in [6.45, 7) is 2.50. The third-order valence-electron chi connectivity index (χ3n) is 7.74. The first-order valence-corrected chi connectivity index (χ1v) is 13.5. The Balaban J connectivity index is 1.09. The number of pyridine rings is 1. The molecule has 0 saturated carbocycles. The minimum atomic E-state index is -4.36. The number of halogens is 5. The van der Waals surface area contributed by atoms with Crippen molar-refractivity contribution in [1.29, 1.82) is 0 Å². The molecule has 0 N–H and O–H groups in total. The van der Waals surface area contributed by atoms with Crippen LogP contribution < -0.4 is 9.80 Å². The third kappa shape index (κ3) is 5.66. The van der Waals surface area contributed by atoms with Crippen LogP contribution in [0, 0.1) is 11.6 Å². The maximum absolute atomic E-state index is 14.2. The summed E-state index contributed by atoms with van der Waals surface area (Å²) in [6, 6.07) is 21.1. The first kappa shape index (κ1) is 26.9. The van der Waals surface area contributed by atoms with Crippen LogP contribution in [-0.4, -0.2) is 36.9 Å². The first-order chi connectivity index (χ1) is 19.8. The van der Waals surface area contributed by atoms with Crippen LogP contribution in [0.5, 0.6) is 0 Å². The Labute approximate surface area is 234 Å². The van der Waals surface area contributed by atoms with Gasteiger partial charge in [0.2, 0.25) is 0 Å². The molecule has 0 spiro atoms. The number of aliphatic imine (C=N–C) groups is 1. The lowest BCUT2D eigenvalue weighted by Crippen LogP contribution is -2.46. The molecule has 4 aromatic rings. The maximum atomic E-state index is 14.2. The molecule has 41 heavy (non-hydrogen) atoms. The summed E-state index contributed by atoms with van der Waals surface area (Å²) in [4.78, 5) is 13.4. The molecule has 1 saturated heterocycles. The van der Waals surface area contributed by atoms with Crippen molar-refractivity contribution >= 4 is 17.2 Å². The fourth-order valence-corrected chi connectivity index (χ4v) is 5.51. The van der Waals surface area contributed by atoms with Crippen LogP contribution in [0.3, 0.4) is 0 Å². The SMILES string of the molecule is Fc1cccc(F)c1C1=NC(c2ccc(-c3ccc(N4CCN(c5cccc(C(F)(F)F)c5)CC4)nc3)cc2)CC1. The van der Waals surface area contributed by atoms with Gasteiger partial charge < -0.3 is 9.80 Å². The summed E-state index contributed by atoms with van der Waals surface area (Å²) in [5.41, 5.74) is 3.30. The van der Waals surface area contributed by atoms with E-state index in [1.165, 1.54) is 30.3 Å². The molecular formula is C32H27F5N4. The molecule has 1 fully saturated rings. The second kappa shape index (κ2) is 11.0. The van der Waals surface area contributed by atoms with Gasteiger partial charge in [0.15, 0.2) is 0 Å². The Kier molecular flexibility index (Phi) is 7.19. The fourth-order valence-electron chi connectivity index (χ4n) is 5.51. The standard InChI is InChI=1S/C32H27F5N4/c33-26-5-2-6-27(34)31(26)29-13-12-28(39-29)22-9-7-21(8-10-22)23-11-14-30(38-20-23)41-17-15-40(16-18-41)25-4-1-3-24(19-25)32(35,36)37/h1-11,14,19-20,28H,12-13,15-18H2. The second-order valence-corrected chi connectivity index (χ2v) is 10.3. The van der Waals surface area contributed by atoms with Crippen LogP contribution in [0.25, 0.3) is 11.1 Å². The Morgan fingerprint density at radius 1 is 0.732 bits per heavy atom. The van der Waals surface area contributed by atoms with Gasteiger partial charge in [-0.05, 0) is 66.4 Å². The smallest absolute Gasteiger partial charge is 0.368 e. The molecule has 3 aromatic carbocycles. The van der Waals surface area contributed by atoms with E-state index >= 15 is 0 Å². The molecular weight excluding hydrogens is 535 g/mol. The highest BCUT2D eigenvalue weighted by atomic mass is 19.4. The zero-order valence-electron chi connectivity index (χ0n) is 22.1. The van der Waals surface area contributed by atoms with Crippen LogP contribution in [-0.2, 0) is 6.18 Å². The third-order valence-corrected chi connectivity index (χ3v) is 7.74. The molecule has 6 rings (SSSR count). The summed E-state index contributed by atoms with van der Waals surface area (Å²) in [5.74, 6) is -0.358. The van der Waals surface area contributed by atoms with Gasteiger partial charge in [-0.25, -0.2) is 13.8 Å². The fraction of sp³-hybridized carbons (Fsp3) is 0.250. The van der Waals surface area contributed by atoms with Gasteiger partial charge in [-0.2, -0.15) is 13.2 Å². The molecule has 1 unspecified atom stereocenters. The number of aromatic nitrogens is 1. The van der Waals surface area contributed by atoms with Crippen molar-refractivity contribution in [2.75, 3.05) is 36.0 Å². The molecule has 9 heteroatoms. The molecule has 0 bridgehead atoms. The van der Waals surface area contributed by atoms with E-state index in [1.807, 2.05) is 47.5 Å². The highest BCUT2D eigenvalue weighted by Crippen LogP contribution is 2.34. The number of piperazine rings is 1. The maximum Gasteiger partial charge on any atom is 0.416 e. The lowest BCUT2D eigenvalue weighted by atomic mass is 10.00. The van der Waals surface area contributed by atoms with Crippen molar-refractivity contribution in [2.45, 2.75) is 25.1 Å². The van der Waals surface area contributed by atoms with Crippen molar-refractivity contribution in [2.24, 2.45) is 4.99 Å². The lowest BCUT2D eigenvalue weighted by molar-refractivity contribution is -0.137. The highest BCUT2D eigenvalue weighted by molar-refractivity contribution is 6.02. The van der Waals surface area contributed by atoms with E-state index in [0.29, 0.717) is 50.4 Å². The van der Waals surface area contributed by atoms with Crippen molar-refractivity contribution in [3.8, 4) is 11.1 Å². The van der Waals surface area contributed by atoms with E-state index in [-0.39, 0.29) is 11.6 Å². The number of hydrogen-bond donors (Lipinski definition) is 0. The molecule has 0 amide bonds. The van der Waals surface area contributed by atoms with Gasteiger partial charge in [0.1, 0.15) is 17.5 Å². The topological polar surface area (TPSA) is 31.7 Å². The van der Waals surface area contributed by atoms with Crippen LogP contribution in [0.2, 0.25) is 0 Å². The van der Waals surface area contributed by atoms with E-state index < -0.39 is 23.4 Å².